The summed E-state index contributed by atoms with van der Waals surface area (Å²) in [4.78, 5) is 30.0. The molecule has 0 saturated heterocycles. The fraction of sp³-hybridized carbons (Fsp3) is 0.476. The minimum atomic E-state index is -0.272. The van der Waals surface area contributed by atoms with Crippen LogP contribution >= 0.6 is 0 Å². The van der Waals surface area contributed by atoms with Crippen molar-refractivity contribution in [1.82, 2.24) is 14.9 Å². The van der Waals surface area contributed by atoms with E-state index < -0.39 is 0 Å². The molecular formula is C21H28N4O2. The fourth-order valence-corrected chi connectivity index (χ4v) is 3.53. The standard InChI is InChI=1S/C21H28N4O2/c1-5-15(4)22-20(26)18-17-8-6-7-9-25(17)19(24-18)21(27)23-16-11-13(2)10-14(3)12-16/h10-12,15H,5-9H2,1-4H3,(H,22,26)(H,23,27). The van der Waals surface area contributed by atoms with E-state index in [0.717, 1.165) is 48.2 Å². The average Bonchev–Trinajstić information content (AvgIpc) is 3.00. The van der Waals surface area contributed by atoms with Crippen LogP contribution in [-0.2, 0) is 13.0 Å². The van der Waals surface area contributed by atoms with Crippen molar-refractivity contribution in [2.75, 3.05) is 5.32 Å². The van der Waals surface area contributed by atoms with Gasteiger partial charge in [-0.25, -0.2) is 4.98 Å². The minimum absolute atomic E-state index is 0.0750. The summed E-state index contributed by atoms with van der Waals surface area (Å²) in [5.74, 6) is -0.149. The van der Waals surface area contributed by atoms with Crippen molar-refractivity contribution in [2.24, 2.45) is 0 Å². The lowest BCUT2D eigenvalue weighted by molar-refractivity contribution is 0.0933. The normalized spacial score (nSPS) is 14.4. The third-order valence-corrected chi connectivity index (χ3v) is 5.01. The molecule has 0 radical (unpaired) electrons. The number of carbonyl (C=O) groups excluding carboxylic acids is 2. The summed E-state index contributed by atoms with van der Waals surface area (Å²) in [5, 5.41) is 5.91. The molecule has 144 valence electrons. The van der Waals surface area contributed by atoms with Gasteiger partial charge in [0.05, 0.1) is 5.69 Å². The predicted octanol–water partition coefficient (Wildman–Crippen LogP) is 3.62. The van der Waals surface area contributed by atoms with E-state index in [2.05, 4.69) is 21.7 Å². The molecule has 2 aromatic rings. The molecule has 0 aliphatic carbocycles. The molecule has 3 rings (SSSR count). The van der Waals surface area contributed by atoms with E-state index in [1.54, 1.807) is 0 Å². The number of hydrogen-bond donors (Lipinski definition) is 2. The zero-order valence-corrected chi connectivity index (χ0v) is 16.6. The smallest absolute Gasteiger partial charge is 0.291 e. The molecule has 1 atom stereocenters. The van der Waals surface area contributed by atoms with Crippen LogP contribution < -0.4 is 10.6 Å². The van der Waals surface area contributed by atoms with Crippen molar-refractivity contribution in [2.45, 2.75) is 66.0 Å². The molecule has 0 saturated carbocycles. The number of nitrogens with one attached hydrogen (secondary N) is 2. The molecule has 1 aliphatic rings. The Kier molecular flexibility index (Phi) is 5.63. The van der Waals surface area contributed by atoms with Crippen molar-refractivity contribution < 1.29 is 9.59 Å². The molecule has 0 spiro atoms. The summed E-state index contributed by atoms with van der Waals surface area (Å²) in [6.45, 7) is 8.70. The van der Waals surface area contributed by atoms with Gasteiger partial charge in [-0.3, -0.25) is 9.59 Å². The summed E-state index contributed by atoms with van der Waals surface area (Å²) < 4.78 is 1.91. The Labute approximate surface area is 160 Å². The first-order chi connectivity index (χ1) is 12.9. The minimum Gasteiger partial charge on any atom is -0.348 e. The van der Waals surface area contributed by atoms with E-state index in [-0.39, 0.29) is 17.9 Å². The number of imidazole rings is 1. The molecule has 6 heteroatoms. The number of nitrogens with zero attached hydrogens (tertiary/aromatic N) is 2. The monoisotopic (exact) mass is 368 g/mol. The number of carbonyl (C=O) groups is 2. The highest BCUT2D eigenvalue weighted by Crippen LogP contribution is 2.22. The van der Waals surface area contributed by atoms with Crippen molar-refractivity contribution >= 4 is 17.5 Å². The largest absolute Gasteiger partial charge is 0.348 e. The predicted molar refractivity (Wildman–Crippen MR) is 106 cm³/mol. The number of hydrogen-bond acceptors (Lipinski definition) is 3. The number of fused-ring (bicyclic) bond motifs is 1. The van der Waals surface area contributed by atoms with E-state index in [1.165, 1.54) is 0 Å². The van der Waals surface area contributed by atoms with Crippen LogP contribution in [0.2, 0.25) is 0 Å². The van der Waals surface area contributed by atoms with Crippen LogP contribution in [0.5, 0.6) is 0 Å². The molecule has 6 nitrogen and oxygen atoms in total. The molecule has 2 amide bonds. The van der Waals surface area contributed by atoms with Gasteiger partial charge in [0.15, 0.2) is 5.82 Å². The van der Waals surface area contributed by atoms with Gasteiger partial charge in [-0.2, -0.15) is 0 Å². The fourth-order valence-electron chi connectivity index (χ4n) is 3.53. The van der Waals surface area contributed by atoms with Gasteiger partial charge in [0, 0.05) is 18.3 Å². The maximum atomic E-state index is 12.9. The maximum Gasteiger partial charge on any atom is 0.291 e. The number of anilines is 1. The van der Waals surface area contributed by atoms with Gasteiger partial charge < -0.3 is 15.2 Å². The molecule has 0 fully saturated rings. The second-order valence-electron chi connectivity index (χ2n) is 7.45. The Bertz CT molecular complexity index is 849. The quantitative estimate of drug-likeness (QED) is 0.846. The van der Waals surface area contributed by atoms with Crippen molar-refractivity contribution in [3.05, 3.63) is 46.5 Å². The van der Waals surface area contributed by atoms with Crippen LogP contribution in [0.4, 0.5) is 5.69 Å². The number of aryl methyl sites for hydroxylation is 2. The van der Waals surface area contributed by atoms with Gasteiger partial charge in [0.25, 0.3) is 11.8 Å². The highest BCUT2D eigenvalue weighted by atomic mass is 16.2. The summed E-state index contributed by atoms with van der Waals surface area (Å²) in [6, 6.07) is 6.00. The molecular weight excluding hydrogens is 340 g/mol. The number of amides is 2. The SMILES string of the molecule is CCC(C)NC(=O)c1nc(C(=O)Nc2cc(C)cc(C)c2)n2c1CCCC2. The van der Waals surface area contributed by atoms with Crippen LogP contribution in [0.1, 0.15) is 71.0 Å². The van der Waals surface area contributed by atoms with Crippen LogP contribution in [-0.4, -0.2) is 27.4 Å². The molecule has 2 N–H and O–H groups in total. The average molecular weight is 368 g/mol. The van der Waals surface area contributed by atoms with Crippen molar-refractivity contribution in [3.63, 3.8) is 0 Å². The summed E-state index contributed by atoms with van der Waals surface area (Å²) in [7, 11) is 0. The first-order valence-corrected chi connectivity index (χ1v) is 9.69. The Balaban J connectivity index is 1.90. The third-order valence-electron chi connectivity index (χ3n) is 5.01. The lowest BCUT2D eigenvalue weighted by atomic mass is 10.1. The number of benzene rings is 1. The lowest BCUT2D eigenvalue weighted by Crippen LogP contribution is -2.33. The molecule has 2 heterocycles. The van der Waals surface area contributed by atoms with Gasteiger partial charge in [-0.05, 0) is 69.7 Å². The molecule has 1 aromatic heterocycles. The van der Waals surface area contributed by atoms with Crippen LogP contribution in [0.15, 0.2) is 18.2 Å². The number of aromatic nitrogens is 2. The van der Waals surface area contributed by atoms with E-state index in [4.69, 9.17) is 0 Å². The number of rotatable bonds is 5. The van der Waals surface area contributed by atoms with E-state index in [1.807, 2.05) is 44.4 Å². The molecule has 1 unspecified atom stereocenters. The Morgan fingerprint density at radius 1 is 1.15 bits per heavy atom. The van der Waals surface area contributed by atoms with Gasteiger partial charge in [-0.1, -0.05) is 13.0 Å². The van der Waals surface area contributed by atoms with Crippen LogP contribution in [0, 0.1) is 13.8 Å². The first kappa shape index (κ1) is 19.1. The Morgan fingerprint density at radius 3 is 2.52 bits per heavy atom. The van der Waals surface area contributed by atoms with Crippen molar-refractivity contribution in [3.8, 4) is 0 Å². The highest BCUT2D eigenvalue weighted by molar-refractivity contribution is 6.03. The summed E-state index contributed by atoms with van der Waals surface area (Å²) in [5.41, 5.74) is 4.18. The van der Waals surface area contributed by atoms with Crippen molar-refractivity contribution in [1.29, 1.82) is 0 Å². The van der Waals surface area contributed by atoms with Crippen LogP contribution in [0.3, 0.4) is 0 Å². The molecule has 1 aromatic carbocycles. The molecule has 0 bridgehead atoms. The Hall–Kier alpha value is -2.63. The molecule has 27 heavy (non-hydrogen) atoms. The van der Waals surface area contributed by atoms with E-state index >= 15 is 0 Å². The van der Waals surface area contributed by atoms with Gasteiger partial charge in [0.2, 0.25) is 0 Å². The third kappa shape index (κ3) is 4.21. The van der Waals surface area contributed by atoms with Gasteiger partial charge in [-0.15, -0.1) is 0 Å². The topological polar surface area (TPSA) is 76.0 Å². The summed E-state index contributed by atoms with van der Waals surface area (Å²) >= 11 is 0. The Morgan fingerprint density at radius 2 is 1.85 bits per heavy atom. The second kappa shape index (κ2) is 7.94. The van der Waals surface area contributed by atoms with Crippen LogP contribution in [0.25, 0.3) is 0 Å². The lowest BCUT2D eigenvalue weighted by Gasteiger charge is -2.17. The van der Waals surface area contributed by atoms with Gasteiger partial charge >= 0.3 is 0 Å². The highest BCUT2D eigenvalue weighted by Gasteiger charge is 2.28. The van der Waals surface area contributed by atoms with Gasteiger partial charge in [0.1, 0.15) is 5.69 Å². The maximum absolute atomic E-state index is 12.9. The zero-order chi connectivity index (χ0) is 19.6. The van der Waals surface area contributed by atoms with E-state index in [0.29, 0.717) is 18.1 Å². The second-order valence-corrected chi connectivity index (χ2v) is 7.45. The first-order valence-electron chi connectivity index (χ1n) is 9.69. The summed E-state index contributed by atoms with van der Waals surface area (Å²) in [6.07, 6.45) is 3.61. The zero-order valence-electron chi connectivity index (χ0n) is 16.6. The van der Waals surface area contributed by atoms with E-state index in [9.17, 15) is 9.59 Å². The molecule has 1 aliphatic heterocycles.